The van der Waals surface area contributed by atoms with Gasteiger partial charge in [0.1, 0.15) is 0 Å². The highest BCUT2D eigenvalue weighted by Crippen LogP contribution is 2.21. The van der Waals surface area contributed by atoms with Gasteiger partial charge in [0.2, 0.25) is 0 Å². The maximum atomic E-state index is 4.19. The minimum atomic E-state index is 0.800. The van der Waals surface area contributed by atoms with Gasteiger partial charge in [0.25, 0.3) is 0 Å². The lowest BCUT2D eigenvalue weighted by molar-refractivity contribution is 1.12. The number of rotatable bonds is 2. The Labute approximate surface area is 131 Å². The van der Waals surface area contributed by atoms with E-state index in [1.54, 1.807) is 24.8 Å². The SMILES string of the molecule is CN(C)c1ccnc2ncccc12.CN(C)c1ccncc1. The second-order valence-corrected chi connectivity index (χ2v) is 5.20. The van der Waals surface area contributed by atoms with Crippen LogP contribution in [0, 0.1) is 0 Å². The Hall–Kier alpha value is -2.69. The van der Waals surface area contributed by atoms with Gasteiger partial charge in [-0.25, -0.2) is 9.97 Å². The molecule has 0 aromatic carbocycles. The van der Waals surface area contributed by atoms with Crippen molar-refractivity contribution >= 4 is 22.4 Å². The second kappa shape index (κ2) is 7.36. The molecule has 0 atom stereocenters. The predicted molar refractivity (Wildman–Crippen MR) is 92.4 cm³/mol. The number of hydrogen-bond acceptors (Lipinski definition) is 5. The van der Waals surface area contributed by atoms with Crippen LogP contribution in [0.1, 0.15) is 0 Å². The highest BCUT2D eigenvalue weighted by molar-refractivity contribution is 5.88. The van der Waals surface area contributed by atoms with Gasteiger partial charge in [-0.3, -0.25) is 4.98 Å². The third-order valence-corrected chi connectivity index (χ3v) is 3.15. The Morgan fingerprint density at radius 3 is 2.00 bits per heavy atom. The summed E-state index contributed by atoms with van der Waals surface area (Å²) in [6.07, 6.45) is 7.12. The molecule has 0 saturated heterocycles. The van der Waals surface area contributed by atoms with Crippen molar-refractivity contribution in [1.29, 1.82) is 0 Å². The van der Waals surface area contributed by atoms with E-state index in [0.717, 1.165) is 16.7 Å². The van der Waals surface area contributed by atoms with Crippen LogP contribution in [0.25, 0.3) is 11.0 Å². The summed E-state index contributed by atoms with van der Waals surface area (Å²) in [5.74, 6) is 0. The first-order valence-electron chi connectivity index (χ1n) is 7.04. The number of aromatic nitrogens is 3. The number of nitrogens with zero attached hydrogens (tertiary/aromatic N) is 5. The van der Waals surface area contributed by atoms with Crippen LogP contribution in [0.4, 0.5) is 11.4 Å². The van der Waals surface area contributed by atoms with Crippen LogP contribution in [0.15, 0.2) is 55.1 Å². The molecule has 0 radical (unpaired) electrons. The van der Waals surface area contributed by atoms with E-state index in [9.17, 15) is 0 Å². The maximum absolute atomic E-state index is 4.19. The fraction of sp³-hybridized carbons (Fsp3) is 0.235. The Morgan fingerprint density at radius 1 is 0.727 bits per heavy atom. The van der Waals surface area contributed by atoms with Crippen LogP contribution in [-0.2, 0) is 0 Å². The number of hydrogen-bond donors (Lipinski definition) is 0. The average Bonchev–Trinajstić information content (AvgIpc) is 2.55. The molecule has 0 bridgehead atoms. The van der Waals surface area contributed by atoms with E-state index in [4.69, 9.17) is 0 Å². The van der Waals surface area contributed by atoms with Crippen molar-refractivity contribution in [2.24, 2.45) is 0 Å². The van der Waals surface area contributed by atoms with E-state index in [-0.39, 0.29) is 0 Å². The normalized spacial score (nSPS) is 9.82. The molecule has 3 aromatic rings. The summed E-state index contributed by atoms with van der Waals surface area (Å²) < 4.78 is 0. The molecular weight excluding hydrogens is 274 g/mol. The van der Waals surface area contributed by atoms with Gasteiger partial charge in [0, 0.05) is 69.7 Å². The van der Waals surface area contributed by atoms with Crippen LogP contribution < -0.4 is 9.80 Å². The standard InChI is InChI=1S/C10H11N3.C7H10N2/c1-13(2)9-5-7-12-10-8(9)4-3-6-11-10;1-9(2)7-3-5-8-6-4-7/h3-7H,1-2H3;3-6H,1-2H3. The topological polar surface area (TPSA) is 45.2 Å². The molecule has 0 unspecified atom stereocenters. The third-order valence-electron chi connectivity index (χ3n) is 3.15. The van der Waals surface area contributed by atoms with Crippen molar-refractivity contribution in [2.45, 2.75) is 0 Å². The molecule has 0 amide bonds. The number of anilines is 2. The molecular formula is C17H21N5. The van der Waals surface area contributed by atoms with Gasteiger partial charge in [-0.2, -0.15) is 0 Å². The lowest BCUT2D eigenvalue weighted by Crippen LogP contribution is -2.09. The molecule has 5 heteroatoms. The minimum absolute atomic E-state index is 0.800. The van der Waals surface area contributed by atoms with Gasteiger partial charge in [0.15, 0.2) is 5.65 Å². The summed E-state index contributed by atoms with van der Waals surface area (Å²) in [7, 11) is 8.05. The van der Waals surface area contributed by atoms with Gasteiger partial charge >= 0.3 is 0 Å². The largest absolute Gasteiger partial charge is 0.378 e. The zero-order valence-corrected chi connectivity index (χ0v) is 13.4. The van der Waals surface area contributed by atoms with Gasteiger partial charge in [-0.15, -0.1) is 0 Å². The Kier molecular flexibility index (Phi) is 5.25. The first-order valence-corrected chi connectivity index (χ1v) is 7.04. The monoisotopic (exact) mass is 295 g/mol. The smallest absolute Gasteiger partial charge is 0.161 e. The fourth-order valence-corrected chi connectivity index (χ4v) is 2.00. The zero-order chi connectivity index (χ0) is 15.9. The first-order chi connectivity index (χ1) is 10.6. The van der Waals surface area contributed by atoms with E-state index in [0.29, 0.717) is 0 Å². The van der Waals surface area contributed by atoms with Crippen molar-refractivity contribution in [3.8, 4) is 0 Å². The number of pyridine rings is 3. The van der Waals surface area contributed by atoms with Crippen molar-refractivity contribution in [3.63, 3.8) is 0 Å². The van der Waals surface area contributed by atoms with E-state index < -0.39 is 0 Å². The summed E-state index contributed by atoms with van der Waals surface area (Å²) in [6, 6.07) is 9.89. The highest BCUT2D eigenvalue weighted by Gasteiger charge is 2.02. The van der Waals surface area contributed by atoms with E-state index in [1.165, 1.54) is 5.69 Å². The molecule has 3 aromatic heterocycles. The Bertz CT molecular complexity index is 705. The van der Waals surface area contributed by atoms with Crippen LogP contribution in [0.2, 0.25) is 0 Å². The molecule has 22 heavy (non-hydrogen) atoms. The highest BCUT2D eigenvalue weighted by atomic mass is 15.1. The van der Waals surface area contributed by atoms with Crippen molar-refractivity contribution in [3.05, 3.63) is 55.1 Å². The maximum Gasteiger partial charge on any atom is 0.161 e. The molecule has 0 aliphatic carbocycles. The summed E-state index contributed by atoms with van der Waals surface area (Å²) >= 11 is 0. The van der Waals surface area contributed by atoms with Crippen LogP contribution in [0.3, 0.4) is 0 Å². The summed E-state index contributed by atoms with van der Waals surface area (Å²) in [4.78, 5) is 16.4. The van der Waals surface area contributed by atoms with Crippen molar-refractivity contribution in [1.82, 2.24) is 15.0 Å². The minimum Gasteiger partial charge on any atom is -0.378 e. The Morgan fingerprint density at radius 2 is 1.41 bits per heavy atom. The fourth-order valence-electron chi connectivity index (χ4n) is 2.00. The van der Waals surface area contributed by atoms with Gasteiger partial charge in [-0.1, -0.05) is 0 Å². The van der Waals surface area contributed by atoms with Crippen LogP contribution >= 0.6 is 0 Å². The molecule has 114 valence electrons. The van der Waals surface area contributed by atoms with Crippen molar-refractivity contribution < 1.29 is 0 Å². The summed E-state index contributed by atoms with van der Waals surface area (Å²) in [5, 5.41) is 1.09. The lowest BCUT2D eigenvalue weighted by atomic mass is 10.2. The van der Waals surface area contributed by atoms with E-state index in [2.05, 4.69) is 19.9 Å². The van der Waals surface area contributed by atoms with Crippen molar-refractivity contribution in [2.75, 3.05) is 38.0 Å². The van der Waals surface area contributed by atoms with Gasteiger partial charge in [-0.05, 0) is 30.3 Å². The molecule has 3 rings (SSSR count). The molecule has 0 aliphatic rings. The summed E-state index contributed by atoms with van der Waals surface area (Å²) in [5.41, 5.74) is 3.14. The zero-order valence-electron chi connectivity index (χ0n) is 13.4. The van der Waals surface area contributed by atoms with Gasteiger partial charge < -0.3 is 9.80 Å². The average molecular weight is 295 g/mol. The molecule has 0 aliphatic heterocycles. The molecule has 0 N–H and O–H groups in total. The summed E-state index contributed by atoms with van der Waals surface area (Å²) in [6.45, 7) is 0. The third kappa shape index (κ3) is 3.91. The molecule has 0 fully saturated rings. The van der Waals surface area contributed by atoms with E-state index >= 15 is 0 Å². The molecule has 5 nitrogen and oxygen atoms in total. The second-order valence-electron chi connectivity index (χ2n) is 5.20. The molecule has 3 heterocycles. The van der Waals surface area contributed by atoms with Gasteiger partial charge in [0.05, 0.1) is 0 Å². The quantitative estimate of drug-likeness (QED) is 0.727. The van der Waals surface area contributed by atoms with Crippen LogP contribution in [0.5, 0.6) is 0 Å². The molecule has 0 spiro atoms. The molecule has 0 saturated carbocycles. The first kappa shape index (κ1) is 15.7. The van der Waals surface area contributed by atoms with E-state index in [1.807, 2.05) is 63.4 Å². The predicted octanol–water partition coefficient (Wildman–Crippen LogP) is 2.84. The Balaban J connectivity index is 0.000000172. The number of fused-ring (bicyclic) bond motifs is 1. The van der Waals surface area contributed by atoms with Crippen LogP contribution in [-0.4, -0.2) is 43.1 Å². The lowest BCUT2D eigenvalue weighted by Gasteiger charge is -2.13.